The second-order valence-corrected chi connectivity index (χ2v) is 7.05. The average molecular weight is 353 g/mol. The number of furan rings is 1. The number of hydrogen-bond acceptors (Lipinski definition) is 6. The molecule has 1 amide bonds. The molecular formula is C16H19NO6S. The summed E-state index contributed by atoms with van der Waals surface area (Å²) < 4.78 is 39.9. The summed E-state index contributed by atoms with van der Waals surface area (Å²) in [4.78, 5) is 11.9. The number of nitrogens with one attached hydrogen (secondary N) is 1. The van der Waals surface area contributed by atoms with Gasteiger partial charge < -0.3 is 19.2 Å². The van der Waals surface area contributed by atoms with Gasteiger partial charge in [0, 0.05) is 12.5 Å². The second kappa shape index (κ2) is 7.87. The Labute approximate surface area is 140 Å². The number of sulfone groups is 1. The van der Waals surface area contributed by atoms with E-state index in [9.17, 15) is 13.2 Å². The highest BCUT2D eigenvalue weighted by Gasteiger charge is 2.19. The lowest BCUT2D eigenvalue weighted by Gasteiger charge is -2.10. The van der Waals surface area contributed by atoms with Gasteiger partial charge in [-0.2, -0.15) is 0 Å². The molecule has 0 aliphatic carbocycles. The molecule has 0 saturated heterocycles. The molecule has 24 heavy (non-hydrogen) atoms. The third-order valence-corrected chi connectivity index (χ3v) is 5.07. The van der Waals surface area contributed by atoms with Crippen molar-refractivity contribution in [3.05, 3.63) is 42.4 Å². The Bertz CT molecular complexity index is 783. The minimum absolute atomic E-state index is 0.0824. The molecule has 0 unspecified atom stereocenters. The van der Waals surface area contributed by atoms with Crippen LogP contribution in [0.2, 0.25) is 0 Å². The number of benzene rings is 1. The zero-order valence-corrected chi connectivity index (χ0v) is 14.3. The number of rotatable bonds is 8. The van der Waals surface area contributed by atoms with Gasteiger partial charge in [-0.25, -0.2) is 8.42 Å². The van der Waals surface area contributed by atoms with Crippen molar-refractivity contribution in [3.8, 4) is 11.5 Å². The minimum Gasteiger partial charge on any atom is -0.493 e. The molecular weight excluding hydrogens is 334 g/mol. The van der Waals surface area contributed by atoms with E-state index >= 15 is 0 Å². The fraction of sp³-hybridized carbons (Fsp3) is 0.312. The summed E-state index contributed by atoms with van der Waals surface area (Å²) in [6.45, 7) is 0.224. The van der Waals surface area contributed by atoms with E-state index in [1.165, 1.54) is 38.7 Å². The summed E-state index contributed by atoms with van der Waals surface area (Å²) in [7, 11) is -0.710. The first-order valence-corrected chi connectivity index (χ1v) is 8.85. The lowest BCUT2D eigenvalue weighted by molar-refractivity contribution is -0.120. The van der Waals surface area contributed by atoms with Gasteiger partial charge in [-0.05, 0) is 24.3 Å². The van der Waals surface area contributed by atoms with Crippen molar-refractivity contribution in [1.82, 2.24) is 5.32 Å². The molecule has 0 radical (unpaired) electrons. The fourth-order valence-electron chi connectivity index (χ4n) is 2.04. The predicted octanol–water partition coefficient (Wildman–Crippen LogP) is 1.78. The van der Waals surface area contributed by atoms with E-state index in [2.05, 4.69) is 5.32 Å². The Morgan fingerprint density at radius 3 is 2.54 bits per heavy atom. The summed E-state index contributed by atoms with van der Waals surface area (Å²) in [5, 5.41) is 2.61. The number of hydrogen-bond donors (Lipinski definition) is 1. The highest BCUT2D eigenvalue weighted by molar-refractivity contribution is 7.91. The van der Waals surface area contributed by atoms with Crippen molar-refractivity contribution < 1.29 is 27.1 Å². The third kappa shape index (κ3) is 4.51. The number of carbonyl (C=O) groups excluding carboxylic acids is 1. The largest absolute Gasteiger partial charge is 0.493 e. The molecule has 7 nitrogen and oxygen atoms in total. The summed E-state index contributed by atoms with van der Waals surface area (Å²) >= 11 is 0. The van der Waals surface area contributed by atoms with Crippen LogP contribution in [0.25, 0.3) is 0 Å². The summed E-state index contributed by atoms with van der Waals surface area (Å²) in [5.41, 5.74) is 0. The van der Waals surface area contributed by atoms with Gasteiger partial charge in [0.15, 0.2) is 21.3 Å². The molecule has 1 aromatic heterocycles. The lowest BCUT2D eigenvalue weighted by Crippen LogP contribution is -2.25. The molecule has 0 saturated carbocycles. The Morgan fingerprint density at radius 2 is 1.92 bits per heavy atom. The predicted molar refractivity (Wildman–Crippen MR) is 86.8 cm³/mol. The Hall–Kier alpha value is -2.48. The van der Waals surface area contributed by atoms with Crippen LogP contribution in [0.5, 0.6) is 11.5 Å². The minimum atomic E-state index is -3.60. The first-order valence-electron chi connectivity index (χ1n) is 7.20. The quantitative estimate of drug-likeness (QED) is 0.777. The van der Waals surface area contributed by atoms with Gasteiger partial charge in [0.05, 0.1) is 37.7 Å². The molecule has 0 bridgehead atoms. The molecule has 0 atom stereocenters. The van der Waals surface area contributed by atoms with Crippen LogP contribution in [0.15, 0.2) is 45.9 Å². The Morgan fingerprint density at radius 1 is 1.17 bits per heavy atom. The van der Waals surface area contributed by atoms with E-state index < -0.39 is 9.84 Å². The number of amides is 1. The van der Waals surface area contributed by atoms with Gasteiger partial charge in [-0.1, -0.05) is 0 Å². The van der Waals surface area contributed by atoms with Crippen LogP contribution >= 0.6 is 0 Å². The lowest BCUT2D eigenvalue weighted by atomic mass is 10.3. The molecule has 2 aromatic rings. The van der Waals surface area contributed by atoms with Gasteiger partial charge >= 0.3 is 0 Å². The third-order valence-electron chi connectivity index (χ3n) is 3.35. The average Bonchev–Trinajstić information content (AvgIpc) is 3.11. The van der Waals surface area contributed by atoms with Gasteiger partial charge in [-0.15, -0.1) is 0 Å². The van der Waals surface area contributed by atoms with Crippen molar-refractivity contribution in [3.63, 3.8) is 0 Å². The second-order valence-electron chi connectivity index (χ2n) is 4.94. The maximum atomic E-state index is 12.3. The summed E-state index contributed by atoms with van der Waals surface area (Å²) in [6, 6.07) is 7.76. The normalized spacial score (nSPS) is 11.1. The van der Waals surface area contributed by atoms with Crippen molar-refractivity contribution in [1.29, 1.82) is 0 Å². The van der Waals surface area contributed by atoms with Crippen LogP contribution in [-0.2, 0) is 21.2 Å². The molecule has 2 rings (SSSR count). The van der Waals surface area contributed by atoms with Crippen molar-refractivity contribution >= 4 is 15.7 Å². The fourth-order valence-corrected chi connectivity index (χ4v) is 3.29. The van der Waals surface area contributed by atoms with E-state index in [1.54, 1.807) is 12.1 Å². The first-order chi connectivity index (χ1) is 11.5. The molecule has 130 valence electrons. The maximum absolute atomic E-state index is 12.3. The first kappa shape index (κ1) is 17.9. The number of methoxy groups -OCH3 is 2. The highest BCUT2D eigenvalue weighted by Crippen LogP contribution is 2.29. The molecule has 8 heteroatoms. The van der Waals surface area contributed by atoms with Gasteiger partial charge in [0.1, 0.15) is 5.76 Å². The molecule has 0 aliphatic heterocycles. The van der Waals surface area contributed by atoms with E-state index in [0.29, 0.717) is 17.3 Å². The van der Waals surface area contributed by atoms with Crippen LogP contribution in [0.1, 0.15) is 12.2 Å². The summed E-state index contributed by atoms with van der Waals surface area (Å²) in [5.74, 6) is 0.696. The smallest absolute Gasteiger partial charge is 0.221 e. The van der Waals surface area contributed by atoms with E-state index in [0.717, 1.165) is 0 Å². The molecule has 0 spiro atoms. The number of carbonyl (C=O) groups is 1. The van der Waals surface area contributed by atoms with Crippen LogP contribution < -0.4 is 14.8 Å². The van der Waals surface area contributed by atoms with Crippen molar-refractivity contribution in [2.75, 3.05) is 20.0 Å². The van der Waals surface area contributed by atoms with E-state index in [-0.39, 0.29) is 29.5 Å². The highest BCUT2D eigenvalue weighted by atomic mass is 32.2. The van der Waals surface area contributed by atoms with Gasteiger partial charge in [0.25, 0.3) is 0 Å². The van der Waals surface area contributed by atoms with Crippen LogP contribution in [0.3, 0.4) is 0 Å². The SMILES string of the molecule is COc1ccc(S(=O)(=O)CCC(=O)NCc2ccco2)cc1OC. The van der Waals surface area contributed by atoms with Crippen molar-refractivity contribution in [2.45, 2.75) is 17.9 Å². The zero-order valence-electron chi connectivity index (χ0n) is 13.4. The monoisotopic (exact) mass is 353 g/mol. The molecule has 1 aromatic carbocycles. The Kier molecular flexibility index (Phi) is 5.86. The van der Waals surface area contributed by atoms with Crippen molar-refractivity contribution in [2.24, 2.45) is 0 Å². The molecule has 0 fully saturated rings. The van der Waals surface area contributed by atoms with Gasteiger partial charge in [0.2, 0.25) is 5.91 Å². The summed E-state index contributed by atoms with van der Waals surface area (Å²) in [6.07, 6.45) is 1.36. The van der Waals surface area contributed by atoms with Gasteiger partial charge in [-0.3, -0.25) is 4.79 Å². The molecule has 1 N–H and O–H groups in total. The maximum Gasteiger partial charge on any atom is 0.221 e. The van der Waals surface area contributed by atoms with E-state index in [1.807, 2.05) is 0 Å². The van der Waals surface area contributed by atoms with Crippen LogP contribution in [0, 0.1) is 0 Å². The van der Waals surface area contributed by atoms with Crippen LogP contribution in [-0.4, -0.2) is 34.3 Å². The standard InChI is InChI=1S/C16H19NO6S/c1-21-14-6-5-13(10-15(14)22-2)24(19,20)9-7-16(18)17-11-12-4-3-8-23-12/h3-6,8,10H,7,9,11H2,1-2H3,(H,17,18). The van der Waals surface area contributed by atoms with Crippen LogP contribution in [0.4, 0.5) is 0 Å². The molecule has 0 aliphatic rings. The zero-order chi connectivity index (χ0) is 17.6. The van der Waals surface area contributed by atoms with E-state index in [4.69, 9.17) is 13.9 Å². The topological polar surface area (TPSA) is 94.8 Å². The molecule has 1 heterocycles. The Balaban J connectivity index is 1.96. The number of ether oxygens (including phenoxy) is 2.